The van der Waals surface area contributed by atoms with Crippen molar-refractivity contribution < 1.29 is 48.0 Å². The molecule has 58 heavy (non-hydrogen) atoms. The molecule has 0 aliphatic heterocycles. The Bertz CT molecular complexity index is 5310. The molecular formula is C53H36N4Si. The Balaban J connectivity index is 1.41. The number of hydrogen-bond acceptors (Lipinski definition) is 1. The van der Waals surface area contributed by atoms with Crippen molar-refractivity contribution >= 4 is 89.3 Å². The van der Waals surface area contributed by atoms with Gasteiger partial charge in [-0.05, 0) is 70.8 Å². The molecule has 12 aromatic rings. The minimum Gasteiger partial charge on any atom is -0.354 e. The van der Waals surface area contributed by atoms with Gasteiger partial charge < -0.3 is 8.80 Å². The van der Waals surface area contributed by atoms with Crippen molar-refractivity contribution in [3.63, 3.8) is 0 Å². The van der Waals surface area contributed by atoms with Crippen LogP contribution in [0.4, 0.5) is 0 Å². The van der Waals surface area contributed by atoms with Gasteiger partial charge in [0, 0.05) is 49.0 Å². The molecule has 0 atom stereocenters. The summed E-state index contributed by atoms with van der Waals surface area (Å²) in [6.45, 7) is 0. The highest BCUT2D eigenvalue weighted by Crippen LogP contribution is 2.37. The van der Waals surface area contributed by atoms with Gasteiger partial charge in [-0.2, -0.15) is 0 Å². The molecule has 0 amide bonds. The minimum absolute atomic E-state index is 0.499. The van der Waals surface area contributed by atoms with E-state index in [-0.39, 0.29) is 0 Å². The fourth-order valence-corrected chi connectivity index (χ4v) is 11.3. The first kappa shape index (κ1) is 13.3. The van der Waals surface area contributed by atoms with E-state index >= 15 is 0 Å². The van der Waals surface area contributed by atoms with E-state index in [2.05, 4.69) is 0 Å². The SMILES string of the molecule is [2H]c1cc2c(c([2H])c1-n1c3c([2H])c([2H])c([2H])c([2H])c3c3c([2H])c([2H])c([2H])c([2H])c31)c1c([2H])c([2H])c([2H])c([2H])c1n2-c1nc([Si](c2c([2H])c([2H])c([2H])c([2H])c2[2H])(c2c([2H])c([2H])c([2H])c([2H])c2[2H])n2c3c([2H])c([2H])c([2H])c([2H])c3c3c([2H])c([2H])c([2H])c([2H])c32)c([2H])c([2H])c1[2H]. The number of fused-ring (bicyclic) bond motifs is 9. The van der Waals surface area contributed by atoms with Gasteiger partial charge in [-0.25, -0.2) is 4.98 Å². The first-order valence-electron chi connectivity index (χ1n) is 34.5. The molecule has 8 aromatic carbocycles. The molecule has 0 bridgehead atoms. The molecule has 0 spiro atoms. The van der Waals surface area contributed by atoms with Crippen molar-refractivity contribution in [3.8, 4) is 11.5 Å². The molecule has 4 aromatic heterocycles. The zero-order valence-corrected chi connectivity index (χ0v) is 29.9. The van der Waals surface area contributed by atoms with Gasteiger partial charge in [-0.3, -0.25) is 4.57 Å². The Morgan fingerprint density at radius 2 is 0.793 bits per heavy atom. The standard InChI is InChI=1S/C53H36N4Si/c1-3-18-38(19-4-1)58(39-20-5-2-6-21-39,57-50-30-15-10-24-42(50)43-25-11-16-31-51(43)57)53-33-17-32-52(54-53)56-48-29-14-9-26-44(48)45-36-37(34-35-49(45)56)55-46-27-12-7-22-40(46)41-23-8-13-28-47(41)55/h1-36H/i1D,2D,3D,4D,5D,6D,7D,8D,9D,10D,11D,12D,13D,14D,15D,16D,17D,18D,19D,20D,21D,22D,23D,24D,25D,26D,27D,28D,29D,30D,31D,32D,33D,34D,36D. The van der Waals surface area contributed by atoms with E-state index in [0.717, 1.165) is 10.6 Å². The second-order valence-electron chi connectivity index (χ2n) is 12.5. The number of hydrogen-bond donors (Lipinski definition) is 0. The average molecular weight is 792 g/mol. The Hall–Kier alpha value is -7.47. The van der Waals surface area contributed by atoms with Crippen LogP contribution in [0.1, 0.15) is 48.0 Å². The molecule has 272 valence electrons. The van der Waals surface area contributed by atoms with Gasteiger partial charge in [0.1, 0.15) is 5.82 Å². The minimum atomic E-state index is -6.74. The lowest BCUT2D eigenvalue weighted by Gasteiger charge is -2.35. The summed E-state index contributed by atoms with van der Waals surface area (Å²) in [5.74, 6) is -1.14. The number of benzene rings is 8. The highest BCUT2D eigenvalue weighted by atomic mass is 28.3. The number of para-hydroxylation sites is 5. The maximum atomic E-state index is 10.2. The van der Waals surface area contributed by atoms with E-state index in [9.17, 15) is 26.0 Å². The van der Waals surface area contributed by atoms with Crippen LogP contribution >= 0.6 is 0 Å². The van der Waals surface area contributed by atoms with Crippen LogP contribution in [0.5, 0.6) is 0 Å². The molecule has 0 saturated carbocycles. The van der Waals surface area contributed by atoms with Crippen LogP contribution in [0.3, 0.4) is 0 Å². The lowest BCUT2D eigenvalue weighted by molar-refractivity contribution is 1.09. The predicted octanol–water partition coefficient (Wildman–Crippen LogP) is 10.9. The van der Waals surface area contributed by atoms with Crippen LogP contribution in [0, 0.1) is 0 Å². The zero-order chi connectivity index (χ0) is 68.7. The maximum absolute atomic E-state index is 10.2. The van der Waals surface area contributed by atoms with E-state index in [1.807, 2.05) is 0 Å². The van der Waals surface area contributed by atoms with Gasteiger partial charge in [0.05, 0.1) is 75.4 Å². The number of aromatic nitrogens is 4. The van der Waals surface area contributed by atoms with Crippen LogP contribution in [0.15, 0.2) is 218 Å². The monoisotopic (exact) mass is 791 g/mol. The molecule has 0 fully saturated rings. The Morgan fingerprint density at radius 3 is 1.33 bits per heavy atom. The number of nitrogens with zero attached hydrogens (tertiary/aromatic N) is 4. The van der Waals surface area contributed by atoms with Crippen LogP contribution in [0.2, 0.25) is 0 Å². The first-order chi connectivity index (χ1) is 43.3. The van der Waals surface area contributed by atoms with Crippen molar-refractivity contribution in [2.24, 2.45) is 0 Å². The van der Waals surface area contributed by atoms with Gasteiger partial charge >= 0.3 is 0 Å². The Labute approximate surface area is 385 Å². The van der Waals surface area contributed by atoms with Gasteiger partial charge in [0.2, 0.25) is 0 Å². The molecule has 0 radical (unpaired) electrons. The molecule has 0 aliphatic rings. The normalized spacial score (nSPS) is 20.6. The van der Waals surface area contributed by atoms with E-state index < -0.39 is 312 Å². The topological polar surface area (TPSA) is 27.7 Å². The molecule has 0 N–H and O–H groups in total. The molecule has 4 nitrogen and oxygen atoms in total. The summed E-state index contributed by atoms with van der Waals surface area (Å²) in [6.07, 6.45) is 0. The van der Waals surface area contributed by atoms with Crippen molar-refractivity contribution in [1.82, 2.24) is 18.4 Å². The molecule has 0 aliphatic carbocycles. The molecule has 12 rings (SSSR count). The second-order valence-corrected chi connectivity index (χ2v) is 15.9. The van der Waals surface area contributed by atoms with E-state index in [0.29, 0.717) is 8.80 Å². The number of pyridine rings is 1. The number of rotatable bonds is 6. The maximum Gasteiger partial charge on any atom is 0.276 e. The van der Waals surface area contributed by atoms with E-state index in [1.54, 1.807) is 0 Å². The van der Waals surface area contributed by atoms with E-state index in [1.165, 1.54) is 0 Å². The van der Waals surface area contributed by atoms with Crippen LogP contribution in [0.25, 0.3) is 76.9 Å². The Morgan fingerprint density at radius 1 is 0.362 bits per heavy atom. The fraction of sp³-hybridized carbons (Fsp3) is 0. The van der Waals surface area contributed by atoms with Crippen LogP contribution in [-0.4, -0.2) is 26.6 Å². The molecule has 0 saturated heterocycles. The smallest absolute Gasteiger partial charge is 0.276 e. The Kier molecular flexibility index (Phi) is 2.93. The van der Waals surface area contributed by atoms with Gasteiger partial charge in [-0.1, -0.05) is 157 Å². The summed E-state index contributed by atoms with van der Waals surface area (Å²) in [5.41, 5.74) is -5.35. The first-order valence-corrected chi connectivity index (χ1v) is 19.0. The van der Waals surface area contributed by atoms with Crippen LogP contribution in [-0.2, 0) is 0 Å². The van der Waals surface area contributed by atoms with E-state index in [4.69, 9.17) is 26.9 Å². The molecule has 4 heterocycles. The van der Waals surface area contributed by atoms with Crippen molar-refractivity contribution in [2.45, 2.75) is 0 Å². The van der Waals surface area contributed by atoms with Gasteiger partial charge in [-0.15, -0.1) is 0 Å². The fourth-order valence-electron chi connectivity index (χ4n) is 7.45. The van der Waals surface area contributed by atoms with Crippen LogP contribution < -0.4 is 15.7 Å². The zero-order valence-electron chi connectivity index (χ0n) is 63.9. The van der Waals surface area contributed by atoms with Crippen molar-refractivity contribution in [1.29, 1.82) is 0 Å². The molecule has 5 heteroatoms. The average Bonchev–Trinajstić information content (AvgIpc) is 1.62. The highest BCUT2D eigenvalue weighted by molar-refractivity contribution is 7.10. The summed E-state index contributed by atoms with van der Waals surface area (Å²) < 4.78 is 327. The lowest BCUT2D eigenvalue weighted by Crippen LogP contribution is -2.73. The second kappa shape index (κ2) is 12.8. The third-order valence-electron chi connectivity index (χ3n) is 9.70. The van der Waals surface area contributed by atoms with Crippen molar-refractivity contribution in [2.75, 3.05) is 0 Å². The van der Waals surface area contributed by atoms with Gasteiger partial charge in [0.25, 0.3) is 8.24 Å². The third kappa shape index (κ3) is 4.59. The lowest BCUT2D eigenvalue weighted by atomic mass is 10.1. The summed E-state index contributed by atoms with van der Waals surface area (Å²) in [5, 5.41) is -7.66. The quantitative estimate of drug-likeness (QED) is 0.154. The molecular weight excluding hydrogens is 721 g/mol. The largest absolute Gasteiger partial charge is 0.354 e. The summed E-state index contributed by atoms with van der Waals surface area (Å²) in [7, 11) is -6.74. The molecule has 0 unspecified atom stereocenters. The predicted molar refractivity (Wildman–Crippen MR) is 245 cm³/mol. The summed E-state index contributed by atoms with van der Waals surface area (Å²) in [6, 6.07) is -37.6. The van der Waals surface area contributed by atoms with Gasteiger partial charge in [0.15, 0.2) is 0 Å². The summed E-state index contributed by atoms with van der Waals surface area (Å²) in [4.78, 5) is 4.80. The van der Waals surface area contributed by atoms with Crippen molar-refractivity contribution in [3.05, 3.63) is 218 Å². The summed E-state index contributed by atoms with van der Waals surface area (Å²) >= 11 is 0. The third-order valence-corrected chi connectivity index (χ3v) is 13.7. The highest BCUT2D eigenvalue weighted by Gasteiger charge is 2.46.